The first kappa shape index (κ1) is 13.4. The topological polar surface area (TPSA) is 17.1 Å². The SMILES string of the molecule is Cc1ccc(C2CC2C(=O)C23CC4(c5ccccc5)CC24C3)cc1. The number of aryl methyl sites for hydroxylation is 1. The zero-order valence-electron chi connectivity index (χ0n) is 14.1. The molecule has 2 aromatic carbocycles. The van der Waals surface area contributed by atoms with Gasteiger partial charge >= 0.3 is 0 Å². The third-order valence-corrected chi connectivity index (χ3v) is 7.82. The van der Waals surface area contributed by atoms with Gasteiger partial charge in [0.1, 0.15) is 5.78 Å². The molecule has 0 saturated heterocycles. The van der Waals surface area contributed by atoms with Gasteiger partial charge in [-0.15, -0.1) is 0 Å². The normalized spacial score (nSPS) is 43.2. The molecular weight excluding hydrogens is 292 g/mol. The molecule has 2 aromatic rings. The number of Topliss-reactive ketones (excluding diaryl/α,β-unsaturated/α-hetero) is 1. The van der Waals surface area contributed by atoms with Crippen LogP contribution in [0, 0.1) is 23.7 Å². The lowest BCUT2D eigenvalue weighted by molar-refractivity contribution is -0.128. The Morgan fingerprint density at radius 3 is 2.42 bits per heavy atom. The van der Waals surface area contributed by atoms with Crippen LogP contribution in [0.25, 0.3) is 0 Å². The molecule has 4 fully saturated rings. The summed E-state index contributed by atoms with van der Waals surface area (Å²) in [6, 6.07) is 19.7. The van der Waals surface area contributed by atoms with E-state index in [1.807, 2.05) is 0 Å². The zero-order chi connectivity index (χ0) is 16.2. The van der Waals surface area contributed by atoms with Crippen molar-refractivity contribution >= 4 is 5.78 Å². The third-order valence-electron chi connectivity index (χ3n) is 7.82. The van der Waals surface area contributed by atoms with Crippen molar-refractivity contribution in [2.75, 3.05) is 0 Å². The molecule has 0 amide bonds. The van der Waals surface area contributed by atoms with Crippen LogP contribution in [0.4, 0.5) is 0 Å². The van der Waals surface area contributed by atoms with E-state index in [0.29, 0.717) is 28.4 Å². The molecule has 1 heteroatoms. The number of rotatable bonds is 4. The third kappa shape index (κ3) is 1.34. The van der Waals surface area contributed by atoms with Gasteiger partial charge in [0.15, 0.2) is 0 Å². The van der Waals surface area contributed by atoms with Gasteiger partial charge in [0, 0.05) is 16.7 Å². The van der Waals surface area contributed by atoms with Crippen LogP contribution in [-0.4, -0.2) is 5.78 Å². The molecule has 24 heavy (non-hydrogen) atoms. The average Bonchev–Trinajstić information content (AvgIpc) is 3.56. The van der Waals surface area contributed by atoms with E-state index in [1.165, 1.54) is 29.5 Å². The highest BCUT2D eigenvalue weighted by atomic mass is 16.1. The molecule has 0 radical (unpaired) electrons. The molecule has 4 aliphatic carbocycles. The fraction of sp³-hybridized carbons (Fsp3) is 0.435. The molecule has 0 aromatic heterocycles. The molecule has 6 rings (SSSR count). The van der Waals surface area contributed by atoms with Gasteiger partial charge < -0.3 is 0 Å². The molecule has 5 unspecified atom stereocenters. The molecule has 120 valence electrons. The van der Waals surface area contributed by atoms with Crippen molar-refractivity contribution in [3.63, 3.8) is 0 Å². The van der Waals surface area contributed by atoms with E-state index in [0.717, 1.165) is 12.8 Å². The maximum absolute atomic E-state index is 13.2. The molecule has 1 spiro atoms. The van der Waals surface area contributed by atoms with Crippen molar-refractivity contribution < 1.29 is 4.79 Å². The molecule has 0 bridgehead atoms. The molecule has 4 aliphatic rings. The predicted octanol–water partition coefficient (Wildman–Crippen LogP) is 4.79. The Labute approximate surface area is 143 Å². The summed E-state index contributed by atoms with van der Waals surface area (Å²) in [6.07, 6.45) is 4.64. The first-order chi connectivity index (χ1) is 11.6. The molecule has 0 heterocycles. The second-order valence-electron chi connectivity index (χ2n) is 8.87. The Hall–Kier alpha value is -1.89. The van der Waals surface area contributed by atoms with E-state index < -0.39 is 0 Å². The maximum atomic E-state index is 13.2. The number of carbonyl (C=O) groups is 1. The summed E-state index contributed by atoms with van der Waals surface area (Å²) < 4.78 is 0. The van der Waals surface area contributed by atoms with Gasteiger partial charge in [-0.2, -0.15) is 0 Å². The summed E-state index contributed by atoms with van der Waals surface area (Å²) in [6.45, 7) is 2.12. The van der Waals surface area contributed by atoms with E-state index in [9.17, 15) is 4.79 Å². The van der Waals surface area contributed by atoms with E-state index in [4.69, 9.17) is 0 Å². The van der Waals surface area contributed by atoms with E-state index in [1.54, 1.807) is 0 Å². The van der Waals surface area contributed by atoms with Gasteiger partial charge in [0.25, 0.3) is 0 Å². The van der Waals surface area contributed by atoms with Crippen LogP contribution < -0.4 is 0 Å². The van der Waals surface area contributed by atoms with E-state index >= 15 is 0 Å². The van der Waals surface area contributed by atoms with Gasteiger partial charge in [-0.3, -0.25) is 4.79 Å². The van der Waals surface area contributed by atoms with Gasteiger partial charge in [-0.25, -0.2) is 0 Å². The van der Waals surface area contributed by atoms with Gasteiger partial charge in [-0.1, -0.05) is 60.2 Å². The lowest BCUT2D eigenvalue weighted by Gasteiger charge is -2.34. The fourth-order valence-electron chi connectivity index (χ4n) is 6.34. The van der Waals surface area contributed by atoms with Crippen LogP contribution in [-0.2, 0) is 10.2 Å². The first-order valence-electron chi connectivity index (χ1n) is 9.28. The van der Waals surface area contributed by atoms with Crippen molar-refractivity contribution in [1.29, 1.82) is 0 Å². The standard InChI is InChI=1S/C23H22O/c1-15-7-9-16(10-8-15)18-11-19(18)20(24)22-12-21(13-23(21,22)14-22)17-5-3-2-4-6-17/h2-10,18-19H,11-14H2,1H3. The van der Waals surface area contributed by atoms with E-state index in [2.05, 4.69) is 61.5 Å². The Morgan fingerprint density at radius 1 is 0.958 bits per heavy atom. The van der Waals surface area contributed by atoms with Crippen molar-refractivity contribution in [3.8, 4) is 0 Å². The number of ketones is 1. The highest BCUT2D eigenvalue weighted by Crippen LogP contribution is 3.00. The maximum Gasteiger partial charge on any atom is 0.143 e. The number of hydrogen-bond donors (Lipinski definition) is 0. The molecule has 0 aliphatic heterocycles. The highest BCUT2D eigenvalue weighted by Gasteiger charge is 2.98. The summed E-state index contributed by atoms with van der Waals surface area (Å²) in [5.74, 6) is 1.41. The molecular formula is C23H22O. The van der Waals surface area contributed by atoms with Crippen LogP contribution in [0.5, 0.6) is 0 Å². The van der Waals surface area contributed by atoms with Crippen molar-refractivity contribution in [2.24, 2.45) is 16.7 Å². The Balaban J connectivity index is 1.22. The minimum atomic E-state index is 0.0763. The summed E-state index contributed by atoms with van der Waals surface area (Å²) in [5.41, 5.74) is 4.97. The Bertz CT molecular complexity index is 867. The van der Waals surface area contributed by atoms with Crippen LogP contribution in [0.3, 0.4) is 0 Å². The second kappa shape index (κ2) is 3.85. The van der Waals surface area contributed by atoms with Crippen molar-refractivity contribution in [3.05, 3.63) is 71.3 Å². The van der Waals surface area contributed by atoms with Gasteiger partial charge in [-0.05, 0) is 55.1 Å². The molecule has 1 nitrogen and oxygen atoms in total. The molecule has 0 N–H and O–H groups in total. The number of carbonyl (C=O) groups excluding carboxylic acids is 1. The van der Waals surface area contributed by atoms with Gasteiger partial charge in [0.2, 0.25) is 0 Å². The van der Waals surface area contributed by atoms with Gasteiger partial charge in [0.05, 0.1) is 0 Å². The number of benzene rings is 2. The predicted molar refractivity (Wildman–Crippen MR) is 93.9 cm³/mol. The smallest absolute Gasteiger partial charge is 0.143 e. The Kier molecular flexibility index (Phi) is 2.15. The summed E-state index contributed by atoms with van der Waals surface area (Å²) in [4.78, 5) is 13.2. The summed E-state index contributed by atoms with van der Waals surface area (Å²) in [5, 5.41) is 0. The monoisotopic (exact) mass is 314 g/mol. The fourth-order valence-corrected chi connectivity index (χ4v) is 6.34. The van der Waals surface area contributed by atoms with Crippen LogP contribution >= 0.6 is 0 Å². The van der Waals surface area contributed by atoms with E-state index in [-0.39, 0.29) is 5.41 Å². The largest absolute Gasteiger partial charge is 0.299 e. The zero-order valence-corrected chi connectivity index (χ0v) is 14.1. The minimum Gasteiger partial charge on any atom is -0.299 e. The summed E-state index contributed by atoms with van der Waals surface area (Å²) in [7, 11) is 0. The lowest BCUT2D eigenvalue weighted by Crippen LogP contribution is -2.36. The van der Waals surface area contributed by atoms with Crippen LogP contribution in [0.2, 0.25) is 0 Å². The highest BCUT2D eigenvalue weighted by molar-refractivity contribution is 5.98. The second-order valence-corrected chi connectivity index (χ2v) is 8.87. The van der Waals surface area contributed by atoms with Crippen molar-refractivity contribution in [2.45, 2.75) is 43.9 Å². The quantitative estimate of drug-likeness (QED) is 0.793. The van der Waals surface area contributed by atoms with Crippen LogP contribution in [0.1, 0.15) is 48.3 Å². The molecule has 4 saturated carbocycles. The van der Waals surface area contributed by atoms with Crippen LogP contribution in [0.15, 0.2) is 54.6 Å². The lowest BCUT2D eigenvalue weighted by atomic mass is 9.68. The van der Waals surface area contributed by atoms with Crippen molar-refractivity contribution in [1.82, 2.24) is 0 Å². The molecule has 5 atom stereocenters. The first-order valence-corrected chi connectivity index (χ1v) is 9.28. The average molecular weight is 314 g/mol. The summed E-state index contributed by atoms with van der Waals surface area (Å²) >= 11 is 0. The minimum absolute atomic E-state index is 0.0763. The Morgan fingerprint density at radius 2 is 1.71 bits per heavy atom. The number of hydrogen-bond acceptors (Lipinski definition) is 1.